The van der Waals surface area contributed by atoms with Gasteiger partial charge in [-0.25, -0.2) is 4.79 Å². The molecule has 5 nitrogen and oxygen atoms in total. The van der Waals surface area contributed by atoms with Crippen LogP contribution in [0.15, 0.2) is 129 Å². The molecule has 0 bridgehead atoms. The fourth-order valence-corrected chi connectivity index (χ4v) is 4.92. The fourth-order valence-electron chi connectivity index (χ4n) is 4.92. The van der Waals surface area contributed by atoms with E-state index in [-0.39, 0.29) is 5.76 Å². The lowest BCUT2D eigenvalue weighted by molar-refractivity contribution is 0.528. The second-order valence-corrected chi connectivity index (χ2v) is 9.56. The van der Waals surface area contributed by atoms with Gasteiger partial charge in [0.15, 0.2) is 5.58 Å². The Labute approximate surface area is 225 Å². The molecule has 0 aliphatic rings. The first-order valence-corrected chi connectivity index (χ1v) is 12.8. The highest BCUT2D eigenvalue weighted by Gasteiger charge is 2.13. The van der Waals surface area contributed by atoms with E-state index in [9.17, 15) is 10.1 Å². The van der Waals surface area contributed by atoms with E-state index in [2.05, 4.69) is 42.5 Å². The normalized spacial score (nSPS) is 11.8. The van der Waals surface area contributed by atoms with Crippen LogP contribution in [0.2, 0.25) is 0 Å². The average Bonchev–Trinajstić information content (AvgIpc) is 3.28. The highest BCUT2D eigenvalue weighted by molar-refractivity contribution is 6.13. The zero-order valence-corrected chi connectivity index (χ0v) is 21.4. The van der Waals surface area contributed by atoms with Crippen molar-refractivity contribution in [3.63, 3.8) is 0 Å². The van der Waals surface area contributed by atoms with Gasteiger partial charge in [-0.1, -0.05) is 97.1 Å². The molecule has 0 spiro atoms. The Hall–Kier alpha value is -5.21. The molecule has 6 aromatic rings. The number of hydrogen-bond acceptors (Lipinski definition) is 4. The van der Waals surface area contributed by atoms with Gasteiger partial charge in [0.2, 0.25) is 0 Å². The SMILES string of the molecule is Cn1c(=O)oc2ccc(-c3ccc4cc(CC(C#N)N=C(c5ccccc5)c5ccccc5)ccc4c3)cc21. The van der Waals surface area contributed by atoms with E-state index in [0.29, 0.717) is 12.0 Å². The molecule has 1 atom stereocenters. The predicted molar refractivity (Wildman–Crippen MR) is 156 cm³/mol. The second-order valence-electron chi connectivity index (χ2n) is 9.56. The van der Waals surface area contributed by atoms with E-state index in [1.165, 1.54) is 4.57 Å². The standard InChI is InChI=1S/C34H25N3O2/c1-37-31-21-29(16-17-32(31)39-34(37)38)28-15-14-26-18-23(12-13-27(26)20-28)19-30(22-35)36-33(24-8-4-2-5-9-24)25-10-6-3-7-11-25/h2-18,20-21,30H,19H2,1H3. The molecule has 0 aliphatic carbocycles. The largest absolute Gasteiger partial charge is 0.419 e. The minimum atomic E-state index is -0.523. The molecular formula is C34H25N3O2. The van der Waals surface area contributed by atoms with Crippen LogP contribution in [0, 0.1) is 11.3 Å². The summed E-state index contributed by atoms with van der Waals surface area (Å²) in [6, 6.07) is 40.3. The van der Waals surface area contributed by atoms with Crippen LogP contribution in [-0.2, 0) is 13.5 Å². The summed E-state index contributed by atoms with van der Waals surface area (Å²) in [7, 11) is 1.71. The molecule has 6 rings (SSSR count). The summed E-state index contributed by atoms with van der Waals surface area (Å²) in [6.07, 6.45) is 0.516. The summed E-state index contributed by atoms with van der Waals surface area (Å²) >= 11 is 0. The van der Waals surface area contributed by atoms with E-state index < -0.39 is 6.04 Å². The predicted octanol–water partition coefficient (Wildman–Crippen LogP) is 6.92. The number of aliphatic imine (C=N–C) groups is 1. The number of hydrogen-bond donors (Lipinski definition) is 0. The Kier molecular flexibility index (Phi) is 6.36. The lowest BCUT2D eigenvalue weighted by Crippen LogP contribution is -2.12. The average molecular weight is 508 g/mol. The van der Waals surface area contributed by atoms with E-state index in [1.54, 1.807) is 7.05 Å². The second kappa shape index (κ2) is 10.3. The summed E-state index contributed by atoms with van der Waals surface area (Å²) in [6.45, 7) is 0. The van der Waals surface area contributed by atoms with Gasteiger partial charge < -0.3 is 4.42 Å². The van der Waals surface area contributed by atoms with Crippen molar-refractivity contribution >= 4 is 27.6 Å². The number of benzene rings is 5. The summed E-state index contributed by atoms with van der Waals surface area (Å²) in [5, 5.41) is 12.2. The van der Waals surface area contributed by atoms with Crippen LogP contribution in [0.1, 0.15) is 16.7 Å². The Morgan fingerprint density at radius 1 is 0.821 bits per heavy atom. The number of oxazole rings is 1. The lowest BCUT2D eigenvalue weighted by atomic mass is 9.97. The molecule has 0 fully saturated rings. The van der Waals surface area contributed by atoms with Gasteiger partial charge in [-0.3, -0.25) is 9.56 Å². The van der Waals surface area contributed by atoms with E-state index in [0.717, 1.165) is 49.8 Å². The smallest absolute Gasteiger partial charge is 0.408 e. The summed E-state index contributed by atoms with van der Waals surface area (Å²) in [4.78, 5) is 16.8. The van der Waals surface area contributed by atoms with Crippen molar-refractivity contribution in [3.05, 3.63) is 143 Å². The summed E-state index contributed by atoms with van der Waals surface area (Å²) < 4.78 is 6.78. The van der Waals surface area contributed by atoms with Crippen LogP contribution >= 0.6 is 0 Å². The molecule has 1 aromatic heterocycles. The first-order chi connectivity index (χ1) is 19.1. The van der Waals surface area contributed by atoms with Crippen molar-refractivity contribution < 1.29 is 4.42 Å². The maximum absolute atomic E-state index is 11.9. The number of rotatable bonds is 6. The molecule has 0 aliphatic heterocycles. The van der Waals surface area contributed by atoms with Crippen molar-refractivity contribution in [2.45, 2.75) is 12.5 Å². The highest BCUT2D eigenvalue weighted by Crippen LogP contribution is 2.28. The molecule has 188 valence electrons. The fraction of sp³-hybridized carbons (Fsp3) is 0.0882. The van der Waals surface area contributed by atoms with Gasteiger partial charge in [-0.05, 0) is 45.7 Å². The Morgan fingerprint density at radius 3 is 2.13 bits per heavy atom. The van der Waals surface area contributed by atoms with Gasteiger partial charge in [0.25, 0.3) is 0 Å². The van der Waals surface area contributed by atoms with Gasteiger partial charge in [0.1, 0.15) is 6.04 Å². The van der Waals surface area contributed by atoms with Crippen LogP contribution in [0.3, 0.4) is 0 Å². The maximum atomic E-state index is 11.9. The van der Waals surface area contributed by atoms with Crippen molar-refractivity contribution in [2.75, 3.05) is 0 Å². The minimum absolute atomic E-state index is 0.368. The topological polar surface area (TPSA) is 71.3 Å². The van der Waals surface area contributed by atoms with Crippen LogP contribution in [0.25, 0.3) is 33.0 Å². The molecule has 0 N–H and O–H groups in total. The molecule has 0 saturated heterocycles. The Bertz CT molecular complexity index is 1890. The van der Waals surface area contributed by atoms with E-state index in [4.69, 9.17) is 9.41 Å². The van der Waals surface area contributed by atoms with Gasteiger partial charge in [-0.2, -0.15) is 5.26 Å². The number of aryl methyl sites for hydroxylation is 1. The zero-order chi connectivity index (χ0) is 26.8. The third-order valence-corrected chi connectivity index (χ3v) is 6.99. The van der Waals surface area contributed by atoms with Crippen molar-refractivity contribution in [2.24, 2.45) is 12.0 Å². The quantitative estimate of drug-likeness (QED) is 0.230. The zero-order valence-electron chi connectivity index (χ0n) is 21.4. The van der Waals surface area contributed by atoms with Crippen molar-refractivity contribution in [3.8, 4) is 17.2 Å². The molecule has 39 heavy (non-hydrogen) atoms. The molecule has 0 saturated carbocycles. The van der Waals surface area contributed by atoms with Gasteiger partial charge in [0, 0.05) is 24.6 Å². The monoisotopic (exact) mass is 507 g/mol. The van der Waals surface area contributed by atoms with Gasteiger partial charge in [0.05, 0.1) is 17.3 Å². The Balaban J connectivity index is 1.30. The van der Waals surface area contributed by atoms with Crippen molar-refractivity contribution in [1.29, 1.82) is 5.26 Å². The van der Waals surface area contributed by atoms with Crippen LogP contribution in [0.5, 0.6) is 0 Å². The molecule has 1 unspecified atom stereocenters. The molecule has 5 aromatic carbocycles. The van der Waals surface area contributed by atoms with Crippen molar-refractivity contribution in [1.82, 2.24) is 4.57 Å². The first kappa shape index (κ1) is 24.1. The van der Waals surface area contributed by atoms with E-state index in [1.807, 2.05) is 78.9 Å². The maximum Gasteiger partial charge on any atom is 0.419 e. The number of aromatic nitrogens is 1. The molecule has 5 heteroatoms. The summed E-state index contributed by atoms with van der Waals surface area (Å²) in [5.41, 5.74) is 7.27. The highest BCUT2D eigenvalue weighted by atomic mass is 16.4. The summed E-state index contributed by atoms with van der Waals surface area (Å²) in [5.74, 6) is -0.368. The van der Waals surface area contributed by atoms with Gasteiger partial charge in [-0.15, -0.1) is 0 Å². The third-order valence-electron chi connectivity index (χ3n) is 6.99. The van der Waals surface area contributed by atoms with Crippen LogP contribution in [0.4, 0.5) is 0 Å². The van der Waals surface area contributed by atoms with Gasteiger partial charge >= 0.3 is 5.76 Å². The minimum Gasteiger partial charge on any atom is -0.408 e. The van der Waals surface area contributed by atoms with E-state index >= 15 is 0 Å². The third kappa shape index (κ3) is 4.88. The number of nitrogens with zero attached hydrogens (tertiary/aromatic N) is 3. The lowest BCUT2D eigenvalue weighted by Gasteiger charge is -2.12. The van der Waals surface area contributed by atoms with Crippen LogP contribution in [-0.4, -0.2) is 16.3 Å². The molecule has 0 amide bonds. The molecule has 1 heterocycles. The molecular weight excluding hydrogens is 482 g/mol. The number of nitriles is 1. The first-order valence-electron chi connectivity index (χ1n) is 12.8. The van der Waals surface area contributed by atoms with Crippen LogP contribution < -0.4 is 5.76 Å². The Morgan fingerprint density at radius 2 is 1.44 bits per heavy atom. The molecule has 0 radical (unpaired) electrons. The number of fused-ring (bicyclic) bond motifs is 2.